The molecule has 1 rings (SSSR count). The summed E-state index contributed by atoms with van der Waals surface area (Å²) < 4.78 is 13.2. The Kier molecular flexibility index (Phi) is 6.28. The molecule has 0 aliphatic rings. The highest BCUT2D eigenvalue weighted by Gasteiger charge is 2.04. The average molecular weight is 267 g/mol. The van der Waals surface area contributed by atoms with Gasteiger partial charge in [0.15, 0.2) is 5.96 Å². The zero-order valence-electron chi connectivity index (χ0n) is 10.7. The fourth-order valence-corrected chi connectivity index (χ4v) is 2.05. The summed E-state index contributed by atoms with van der Waals surface area (Å²) in [7, 11) is 1.69. The highest BCUT2D eigenvalue weighted by molar-refractivity contribution is 7.98. The molecule has 0 saturated heterocycles. The van der Waals surface area contributed by atoms with E-state index in [2.05, 4.69) is 22.2 Å². The highest BCUT2D eigenvalue weighted by atomic mass is 32.2. The number of nitrogens with one attached hydrogen (secondary N) is 2. The molecule has 0 bridgehead atoms. The van der Waals surface area contributed by atoms with Crippen molar-refractivity contribution >= 4 is 17.7 Å². The zero-order valence-corrected chi connectivity index (χ0v) is 11.5. The molecule has 0 aliphatic carbocycles. The van der Waals surface area contributed by atoms with Crippen LogP contribution in [0.2, 0.25) is 0 Å². The number of hydrogen-bond donors (Lipinski definition) is 2. The predicted molar refractivity (Wildman–Crippen MR) is 76.6 cm³/mol. The summed E-state index contributed by atoms with van der Waals surface area (Å²) in [5, 5.41) is 6.20. The largest absolute Gasteiger partial charge is 0.353 e. The van der Waals surface area contributed by atoms with E-state index in [1.807, 2.05) is 6.26 Å². The summed E-state index contributed by atoms with van der Waals surface area (Å²) in [4.78, 5) is 5.12. The van der Waals surface area contributed by atoms with Gasteiger partial charge in [0, 0.05) is 25.0 Å². The number of aliphatic imine (C=N–C) groups is 1. The lowest BCUT2D eigenvalue weighted by Gasteiger charge is -2.12. The monoisotopic (exact) mass is 267 g/mol. The molecule has 98 valence electrons. The van der Waals surface area contributed by atoms with Gasteiger partial charge in [0.05, 0.1) is 0 Å². The minimum atomic E-state index is -0.223. The van der Waals surface area contributed by atoms with Crippen LogP contribution in [-0.4, -0.2) is 25.8 Å². The molecule has 0 saturated carbocycles. The van der Waals surface area contributed by atoms with Gasteiger partial charge >= 0.3 is 0 Å². The Morgan fingerprint density at radius 3 is 2.89 bits per heavy atom. The van der Waals surface area contributed by atoms with E-state index in [1.54, 1.807) is 37.0 Å². The molecule has 1 aromatic rings. The van der Waals surface area contributed by atoms with Crippen molar-refractivity contribution in [2.75, 3.05) is 19.8 Å². The molecule has 2 N–H and O–H groups in total. The Balaban J connectivity index is 2.66. The lowest BCUT2D eigenvalue weighted by atomic mass is 10.2. The Labute approximate surface area is 112 Å². The lowest BCUT2D eigenvalue weighted by molar-refractivity contribution is 0.622. The molecule has 3 nitrogen and oxygen atoms in total. The van der Waals surface area contributed by atoms with E-state index in [0.717, 1.165) is 10.5 Å². The van der Waals surface area contributed by atoms with Crippen LogP contribution >= 0.6 is 11.8 Å². The first kappa shape index (κ1) is 14.6. The minimum Gasteiger partial charge on any atom is -0.353 e. The van der Waals surface area contributed by atoms with Crippen LogP contribution in [0, 0.1) is 5.82 Å². The average Bonchev–Trinajstić information content (AvgIpc) is 2.39. The Morgan fingerprint density at radius 2 is 2.28 bits per heavy atom. The van der Waals surface area contributed by atoms with Crippen molar-refractivity contribution in [2.24, 2.45) is 4.99 Å². The molecule has 0 amide bonds. The van der Waals surface area contributed by atoms with Gasteiger partial charge in [-0.25, -0.2) is 4.39 Å². The van der Waals surface area contributed by atoms with Crippen molar-refractivity contribution < 1.29 is 4.39 Å². The van der Waals surface area contributed by atoms with E-state index in [9.17, 15) is 4.39 Å². The van der Waals surface area contributed by atoms with Gasteiger partial charge in [-0.3, -0.25) is 4.99 Å². The molecule has 18 heavy (non-hydrogen) atoms. The van der Waals surface area contributed by atoms with Crippen molar-refractivity contribution in [1.29, 1.82) is 0 Å². The molecular formula is C13H18FN3S. The Morgan fingerprint density at radius 1 is 1.50 bits per heavy atom. The fraction of sp³-hybridized carbons (Fsp3) is 0.308. The van der Waals surface area contributed by atoms with Crippen molar-refractivity contribution in [3.05, 3.63) is 42.2 Å². The number of benzene rings is 1. The van der Waals surface area contributed by atoms with Crippen LogP contribution in [0.4, 0.5) is 4.39 Å². The van der Waals surface area contributed by atoms with Gasteiger partial charge in [0.1, 0.15) is 5.82 Å². The molecular weight excluding hydrogens is 249 g/mol. The normalized spacial score (nSPS) is 11.2. The Bertz CT molecular complexity index is 432. The van der Waals surface area contributed by atoms with E-state index >= 15 is 0 Å². The quantitative estimate of drug-likeness (QED) is 0.372. The molecule has 0 spiro atoms. The second-order valence-electron chi connectivity index (χ2n) is 3.55. The van der Waals surface area contributed by atoms with Crippen LogP contribution in [0.25, 0.3) is 0 Å². The molecule has 0 atom stereocenters. The third kappa shape index (κ3) is 4.41. The summed E-state index contributed by atoms with van der Waals surface area (Å²) in [6.45, 7) is 4.80. The maximum absolute atomic E-state index is 13.2. The van der Waals surface area contributed by atoms with E-state index in [0.29, 0.717) is 19.0 Å². The van der Waals surface area contributed by atoms with Crippen LogP contribution in [0.3, 0.4) is 0 Å². The van der Waals surface area contributed by atoms with Crippen molar-refractivity contribution in [3.8, 4) is 0 Å². The first-order valence-corrected chi connectivity index (χ1v) is 6.81. The van der Waals surface area contributed by atoms with Gasteiger partial charge in [-0.15, -0.1) is 18.3 Å². The van der Waals surface area contributed by atoms with Crippen LogP contribution in [0.1, 0.15) is 5.56 Å². The molecule has 0 heterocycles. The van der Waals surface area contributed by atoms with E-state index in [1.165, 1.54) is 6.07 Å². The standard InChI is InChI=1S/C13H18FN3S/c1-4-7-16-13(15-2)17-9-10-8-11(14)5-6-12(10)18-3/h4-6,8H,1,7,9H2,2-3H3,(H2,15,16,17). The van der Waals surface area contributed by atoms with E-state index < -0.39 is 0 Å². The van der Waals surface area contributed by atoms with Crippen LogP contribution in [-0.2, 0) is 6.54 Å². The summed E-state index contributed by atoms with van der Waals surface area (Å²) in [5.41, 5.74) is 0.920. The van der Waals surface area contributed by atoms with Gasteiger partial charge < -0.3 is 10.6 Å². The number of thioether (sulfide) groups is 1. The molecule has 5 heteroatoms. The van der Waals surface area contributed by atoms with Crippen molar-refractivity contribution in [1.82, 2.24) is 10.6 Å². The van der Waals surface area contributed by atoms with E-state index in [-0.39, 0.29) is 5.82 Å². The number of rotatable bonds is 5. The summed E-state index contributed by atoms with van der Waals surface area (Å²) in [6.07, 6.45) is 3.73. The first-order valence-electron chi connectivity index (χ1n) is 5.59. The molecule has 0 unspecified atom stereocenters. The zero-order chi connectivity index (χ0) is 13.4. The second kappa shape index (κ2) is 7.76. The minimum absolute atomic E-state index is 0.223. The molecule has 0 aromatic heterocycles. The van der Waals surface area contributed by atoms with Gasteiger partial charge in [-0.1, -0.05) is 6.08 Å². The predicted octanol–water partition coefficient (Wildman–Crippen LogP) is 2.40. The van der Waals surface area contributed by atoms with Gasteiger partial charge in [-0.2, -0.15) is 0 Å². The summed E-state index contributed by atoms with van der Waals surface area (Å²) in [5.74, 6) is 0.449. The van der Waals surface area contributed by atoms with Crippen LogP contribution in [0.15, 0.2) is 40.7 Å². The number of nitrogens with zero attached hydrogens (tertiary/aromatic N) is 1. The number of halogens is 1. The molecule has 0 aliphatic heterocycles. The first-order chi connectivity index (χ1) is 8.71. The van der Waals surface area contributed by atoms with E-state index in [4.69, 9.17) is 0 Å². The fourth-order valence-electron chi connectivity index (χ4n) is 1.45. The van der Waals surface area contributed by atoms with Crippen molar-refractivity contribution in [2.45, 2.75) is 11.4 Å². The Hall–Kier alpha value is -1.49. The lowest BCUT2D eigenvalue weighted by Crippen LogP contribution is -2.36. The third-order valence-corrected chi connectivity index (χ3v) is 3.16. The maximum atomic E-state index is 13.2. The SMILES string of the molecule is C=CCNC(=NC)NCc1cc(F)ccc1SC. The molecule has 0 fully saturated rings. The smallest absolute Gasteiger partial charge is 0.191 e. The number of hydrogen-bond acceptors (Lipinski definition) is 2. The number of guanidine groups is 1. The second-order valence-corrected chi connectivity index (χ2v) is 4.40. The van der Waals surface area contributed by atoms with Crippen LogP contribution in [0.5, 0.6) is 0 Å². The van der Waals surface area contributed by atoms with Crippen LogP contribution < -0.4 is 10.6 Å². The maximum Gasteiger partial charge on any atom is 0.191 e. The van der Waals surface area contributed by atoms with Gasteiger partial charge in [-0.05, 0) is 30.0 Å². The third-order valence-electron chi connectivity index (χ3n) is 2.33. The molecule has 0 radical (unpaired) electrons. The molecule has 1 aromatic carbocycles. The highest BCUT2D eigenvalue weighted by Crippen LogP contribution is 2.20. The van der Waals surface area contributed by atoms with Gasteiger partial charge in [0.2, 0.25) is 0 Å². The summed E-state index contributed by atoms with van der Waals surface area (Å²) >= 11 is 1.60. The van der Waals surface area contributed by atoms with Gasteiger partial charge in [0.25, 0.3) is 0 Å². The summed E-state index contributed by atoms with van der Waals surface area (Å²) in [6, 6.07) is 4.80. The van der Waals surface area contributed by atoms with Crippen molar-refractivity contribution in [3.63, 3.8) is 0 Å². The topological polar surface area (TPSA) is 36.4 Å².